The van der Waals surface area contributed by atoms with E-state index in [1.807, 2.05) is 19.1 Å². The Morgan fingerprint density at radius 2 is 2.05 bits per heavy atom. The van der Waals surface area contributed by atoms with Gasteiger partial charge in [-0.15, -0.1) is 0 Å². The van der Waals surface area contributed by atoms with Crippen molar-refractivity contribution < 1.29 is 19.2 Å². The summed E-state index contributed by atoms with van der Waals surface area (Å²) in [7, 11) is 1.65. The van der Waals surface area contributed by atoms with Gasteiger partial charge in [-0.05, 0) is 36.1 Å². The predicted octanol–water partition coefficient (Wildman–Crippen LogP) is 3.48. The fraction of sp³-hybridized carbons (Fsp3) is 0.333. The van der Waals surface area contributed by atoms with Crippen molar-refractivity contribution in [2.75, 3.05) is 7.11 Å². The lowest BCUT2D eigenvalue weighted by atomic mass is 9.95. The summed E-state index contributed by atoms with van der Waals surface area (Å²) in [4.78, 5) is 10.8. The number of ether oxygens (including phenoxy) is 1. The van der Waals surface area contributed by atoms with Crippen LogP contribution in [0.15, 0.2) is 22.7 Å². The van der Waals surface area contributed by atoms with Gasteiger partial charge in [0, 0.05) is 11.6 Å². The van der Waals surface area contributed by atoms with Crippen LogP contribution in [0, 0.1) is 6.92 Å². The molecule has 20 heavy (non-hydrogen) atoms. The zero-order valence-corrected chi connectivity index (χ0v) is 11.9. The minimum Gasteiger partial charge on any atom is -0.496 e. The van der Waals surface area contributed by atoms with Crippen molar-refractivity contribution in [2.24, 2.45) is 0 Å². The molecule has 2 rings (SSSR count). The van der Waals surface area contributed by atoms with E-state index in [1.165, 1.54) is 6.07 Å². The van der Waals surface area contributed by atoms with E-state index in [4.69, 9.17) is 14.4 Å². The van der Waals surface area contributed by atoms with Gasteiger partial charge < -0.3 is 14.4 Å². The summed E-state index contributed by atoms with van der Waals surface area (Å²) in [6.07, 6.45) is 0. The number of nitrogens with zero attached hydrogens (tertiary/aromatic N) is 1. The third-order valence-corrected chi connectivity index (χ3v) is 3.15. The SMILES string of the molecule is COc1c(C)cc(-c2cc(C(=O)O)on2)cc1C(C)C. The molecular weight excluding hydrogens is 258 g/mol. The first-order chi connectivity index (χ1) is 9.43. The van der Waals surface area contributed by atoms with Gasteiger partial charge in [0.15, 0.2) is 0 Å². The zero-order chi connectivity index (χ0) is 14.9. The second-order valence-corrected chi connectivity index (χ2v) is 4.95. The van der Waals surface area contributed by atoms with E-state index in [9.17, 15) is 4.79 Å². The number of aryl methyl sites for hydroxylation is 1. The minimum atomic E-state index is -1.13. The maximum Gasteiger partial charge on any atom is 0.374 e. The van der Waals surface area contributed by atoms with Crippen LogP contribution in [0.2, 0.25) is 0 Å². The van der Waals surface area contributed by atoms with Crippen LogP contribution in [0.3, 0.4) is 0 Å². The van der Waals surface area contributed by atoms with Crippen molar-refractivity contribution in [3.63, 3.8) is 0 Å². The van der Waals surface area contributed by atoms with E-state index in [0.29, 0.717) is 5.69 Å². The number of aromatic nitrogens is 1. The van der Waals surface area contributed by atoms with Crippen molar-refractivity contribution in [3.8, 4) is 17.0 Å². The van der Waals surface area contributed by atoms with E-state index in [-0.39, 0.29) is 11.7 Å². The molecule has 5 heteroatoms. The van der Waals surface area contributed by atoms with Gasteiger partial charge in [-0.25, -0.2) is 4.79 Å². The first kappa shape index (κ1) is 14.1. The van der Waals surface area contributed by atoms with Gasteiger partial charge in [-0.2, -0.15) is 0 Å². The van der Waals surface area contributed by atoms with E-state index in [2.05, 4.69) is 19.0 Å². The average molecular weight is 275 g/mol. The van der Waals surface area contributed by atoms with Crippen molar-refractivity contribution in [2.45, 2.75) is 26.7 Å². The highest BCUT2D eigenvalue weighted by Gasteiger charge is 2.16. The number of carboxylic acids is 1. The van der Waals surface area contributed by atoms with Crippen LogP contribution in [0.25, 0.3) is 11.3 Å². The smallest absolute Gasteiger partial charge is 0.374 e. The van der Waals surface area contributed by atoms with E-state index in [1.54, 1.807) is 7.11 Å². The molecule has 1 aromatic heterocycles. The van der Waals surface area contributed by atoms with Gasteiger partial charge in [0.25, 0.3) is 0 Å². The van der Waals surface area contributed by atoms with Gasteiger partial charge in [0.05, 0.1) is 7.11 Å². The summed E-state index contributed by atoms with van der Waals surface area (Å²) in [5.41, 5.74) is 3.37. The number of rotatable bonds is 4. The predicted molar refractivity (Wildman–Crippen MR) is 74.3 cm³/mol. The molecule has 0 aliphatic heterocycles. The summed E-state index contributed by atoms with van der Waals surface area (Å²) in [6.45, 7) is 6.10. The van der Waals surface area contributed by atoms with Gasteiger partial charge >= 0.3 is 5.97 Å². The van der Waals surface area contributed by atoms with Crippen molar-refractivity contribution in [1.82, 2.24) is 5.16 Å². The second kappa shape index (κ2) is 5.36. The average Bonchev–Trinajstić information content (AvgIpc) is 2.87. The fourth-order valence-electron chi connectivity index (χ4n) is 2.17. The Kier molecular flexibility index (Phi) is 3.79. The molecule has 0 unspecified atom stereocenters. The molecule has 0 bridgehead atoms. The van der Waals surface area contributed by atoms with Crippen LogP contribution in [0.1, 0.15) is 41.4 Å². The molecule has 0 amide bonds. The monoisotopic (exact) mass is 275 g/mol. The van der Waals surface area contributed by atoms with Crippen LogP contribution < -0.4 is 4.74 Å². The summed E-state index contributed by atoms with van der Waals surface area (Å²) >= 11 is 0. The minimum absolute atomic E-state index is 0.167. The number of hydrogen-bond donors (Lipinski definition) is 1. The molecule has 0 fully saturated rings. The lowest BCUT2D eigenvalue weighted by Gasteiger charge is -2.15. The van der Waals surface area contributed by atoms with Gasteiger partial charge in [0.1, 0.15) is 11.4 Å². The molecular formula is C15H17NO4. The molecule has 1 aromatic carbocycles. The normalized spacial score (nSPS) is 10.8. The highest BCUT2D eigenvalue weighted by Crippen LogP contribution is 2.34. The maximum absolute atomic E-state index is 10.8. The van der Waals surface area contributed by atoms with Crippen molar-refractivity contribution in [3.05, 3.63) is 35.1 Å². The molecule has 0 spiro atoms. The lowest BCUT2D eigenvalue weighted by molar-refractivity contribution is 0.0652. The van der Waals surface area contributed by atoms with Crippen molar-refractivity contribution in [1.29, 1.82) is 0 Å². The zero-order valence-electron chi connectivity index (χ0n) is 11.9. The number of benzene rings is 1. The summed E-state index contributed by atoms with van der Waals surface area (Å²) < 4.78 is 10.2. The van der Waals surface area contributed by atoms with E-state index < -0.39 is 5.97 Å². The Balaban J connectivity index is 2.54. The first-order valence-corrected chi connectivity index (χ1v) is 6.33. The Morgan fingerprint density at radius 1 is 1.35 bits per heavy atom. The largest absolute Gasteiger partial charge is 0.496 e. The number of hydrogen-bond acceptors (Lipinski definition) is 4. The summed E-state index contributed by atoms with van der Waals surface area (Å²) in [5.74, 6) is -0.155. The highest BCUT2D eigenvalue weighted by atomic mass is 16.5. The standard InChI is InChI=1S/C15H17NO4/c1-8(2)11-6-10(5-9(3)14(11)19-4)12-7-13(15(17)18)20-16-12/h5-8H,1-4H3,(H,17,18). The Labute approximate surface area is 117 Å². The van der Waals surface area contributed by atoms with Crippen LogP contribution in [0.5, 0.6) is 5.75 Å². The number of carbonyl (C=O) groups is 1. The summed E-state index contributed by atoms with van der Waals surface area (Å²) in [5, 5.41) is 12.7. The Bertz CT molecular complexity index is 643. The molecule has 0 atom stereocenters. The number of aromatic carboxylic acids is 1. The highest BCUT2D eigenvalue weighted by molar-refractivity contribution is 5.85. The Morgan fingerprint density at radius 3 is 2.55 bits per heavy atom. The second-order valence-electron chi connectivity index (χ2n) is 4.95. The maximum atomic E-state index is 10.8. The summed E-state index contributed by atoms with van der Waals surface area (Å²) in [6, 6.07) is 5.29. The number of carboxylic acid groups (broad SMARTS) is 1. The topological polar surface area (TPSA) is 72.6 Å². The first-order valence-electron chi connectivity index (χ1n) is 6.33. The molecule has 0 radical (unpaired) electrons. The van der Waals surface area contributed by atoms with Gasteiger partial charge in [-0.1, -0.05) is 19.0 Å². The fourth-order valence-corrected chi connectivity index (χ4v) is 2.17. The molecule has 106 valence electrons. The molecule has 5 nitrogen and oxygen atoms in total. The quantitative estimate of drug-likeness (QED) is 0.924. The van der Waals surface area contributed by atoms with Crippen LogP contribution in [-0.4, -0.2) is 23.3 Å². The third-order valence-electron chi connectivity index (χ3n) is 3.15. The van der Waals surface area contributed by atoms with Crippen molar-refractivity contribution >= 4 is 5.97 Å². The number of methoxy groups -OCH3 is 1. The molecule has 0 aliphatic carbocycles. The van der Waals surface area contributed by atoms with Crippen LogP contribution in [0.4, 0.5) is 0 Å². The van der Waals surface area contributed by atoms with Gasteiger partial charge in [-0.3, -0.25) is 0 Å². The van der Waals surface area contributed by atoms with E-state index in [0.717, 1.165) is 22.4 Å². The molecule has 1 N–H and O–H groups in total. The van der Waals surface area contributed by atoms with Crippen LogP contribution >= 0.6 is 0 Å². The van der Waals surface area contributed by atoms with E-state index >= 15 is 0 Å². The Hall–Kier alpha value is -2.30. The molecule has 1 heterocycles. The molecule has 0 aliphatic rings. The molecule has 0 saturated carbocycles. The van der Waals surface area contributed by atoms with Crippen LogP contribution in [-0.2, 0) is 0 Å². The lowest BCUT2D eigenvalue weighted by Crippen LogP contribution is -1.98. The van der Waals surface area contributed by atoms with Gasteiger partial charge in [0.2, 0.25) is 5.76 Å². The molecule has 0 saturated heterocycles. The molecule has 2 aromatic rings. The third kappa shape index (κ3) is 2.52.